The van der Waals surface area contributed by atoms with Gasteiger partial charge in [-0.25, -0.2) is 4.98 Å². The van der Waals surface area contributed by atoms with Gasteiger partial charge in [0, 0.05) is 12.7 Å². The van der Waals surface area contributed by atoms with Crippen molar-refractivity contribution in [3.05, 3.63) is 59.2 Å². The molecule has 154 valence electrons. The minimum atomic E-state index is -0.208. The number of nitrogens with zero attached hydrogens (tertiary/aromatic N) is 1. The van der Waals surface area contributed by atoms with Gasteiger partial charge in [-0.15, -0.1) is 11.3 Å². The van der Waals surface area contributed by atoms with Gasteiger partial charge in [0.15, 0.2) is 4.34 Å². The molecule has 1 unspecified atom stereocenters. The number of carbonyl (C=O) groups is 1. The van der Waals surface area contributed by atoms with Gasteiger partial charge in [0.25, 0.3) is 0 Å². The first kappa shape index (κ1) is 21.8. The fourth-order valence-electron chi connectivity index (χ4n) is 3.70. The fraction of sp³-hybridized carbons (Fsp3) is 0.417. The van der Waals surface area contributed by atoms with Crippen molar-refractivity contribution in [2.75, 3.05) is 5.75 Å². The summed E-state index contributed by atoms with van der Waals surface area (Å²) in [5.41, 5.74) is 4.84. The Hall–Kier alpha value is -1.85. The number of aromatic nitrogens is 1. The number of esters is 1. The summed E-state index contributed by atoms with van der Waals surface area (Å²) in [6.45, 7) is 10.2. The fourth-order valence-corrected chi connectivity index (χ4v) is 5.75. The summed E-state index contributed by atoms with van der Waals surface area (Å²) in [7, 11) is 0. The third-order valence-electron chi connectivity index (χ3n) is 5.38. The molecular formula is C24H29NO2S2. The standard InChI is InChI=1S/C24H29NO2S2/c1-16(13-15-28-23-25-20-8-6-7-9-22(20)29-23)10-11-19-17(2)21(27-18(3)26)12-14-24(19,4)5/h6-11,13,21H,12,14-15H2,1-5H3. The molecule has 2 aromatic rings. The van der Waals surface area contributed by atoms with Crippen molar-refractivity contribution in [1.82, 2.24) is 4.98 Å². The van der Waals surface area contributed by atoms with E-state index in [4.69, 9.17) is 4.74 Å². The van der Waals surface area contributed by atoms with Crippen LogP contribution in [-0.4, -0.2) is 22.8 Å². The van der Waals surface area contributed by atoms with Gasteiger partial charge in [0.2, 0.25) is 0 Å². The number of hydrogen-bond acceptors (Lipinski definition) is 5. The van der Waals surface area contributed by atoms with Gasteiger partial charge in [0.1, 0.15) is 6.10 Å². The molecule has 1 heterocycles. The van der Waals surface area contributed by atoms with E-state index < -0.39 is 0 Å². The molecule has 0 radical (unpaired) electrons. The van der Waals surface area contributed by atoms with Gasteiger partial charge < -0.3 is 4.74 Å². The quantitative estimate of drug-likeness (QED) is 0.284. The van der Waals surface area contributed by atoms with E-state index in [1.165, 1.54) is 28.3 Å². The van der Waals surface area contributed by atoms with Crippen LogP contribution in [0, 0.1) is 5.41 Å². The third kappa shape index (κ3) is 5.61. The zero-order chi connectivity index (χ0) is 21.0. The normalized spacial score (nSPS) is 19.9. The second-order valence-electron chi connectivity index (χ2n) is 8.16. The molecule has 0 amide bonds. The summed E-state index contributed by atoms with van der Waals surface area (Å²) in [5, 5.41) is 0. The van der Waals surface area contributed by atoms with Crippen LogP contribution in [0.4, 0.5) is 0 Å². The molecule has 0 fully saturated rings. The van der Waals surface area contributed by atoms with Crippen LogP contribution in [0.2, 0.25) is 0 Å². The molecule has 29 heavy (non-hydrogen) atoms. The van der Waals surface area contributed by atoms with Crippen LogP contribution < -0.4 is 0 Å². The molecule has 1 aliphatic rings. The van der Waals surface area contributed by atoms with Crippen molar-refractivity contribution in [1.29, 1.82) is 0 Å². The molecule has 1 aliphatic carbocycles. The third-order valence-corrected chi connectivity index (χ3v) is 7.48. The van der Waals surface area contributed by atoms with Crippen LogP contribution in [0.25, 0.3) is 10.2 Å². The van der Waals surface area contributed by atoms with Crippen LogP contribution in [0.5, 0.6) is 0 Å². The lowest BCUT2D eigenvalue weighted by atomic mass is 9.71. The van der Waals surface area contributed by atoms with E-state index in [1.807, 2.05) is 6.07 Å². The van der Waals surface area contributed by atoms with Crippen molar-refractivity contribution in [3.63, 3.8) is 0 Å². The van der Waals surface area contributed by atoms with E-state index in [9.17, 15) is 4.79 Å². The highest BCUT2D eigenvalue weighted by molar-refractivity contribution is 8.01. The molecule has 1 aromatic heterocycles. The summed E-state index contributed by atoms with van der Waals surface area (Å²) in [5.74, 6) is 0.688. The Morgan fingerprint density at radius 2 is 2.10 bits per heavy atom. The average Bonchev–Trinajstić information content (AvgIpc) is 3.06. The molecule has 0 saturated carbocycles. The number of benzene rings is 1. The van der Waals surface area contributed by atoms with E-state index in [0.717, 1.165) is 28.5 Å². The summed E-state index contributed by atoms with van der Waals surface area (Å²) in [6, 6.07) is 8.26. The molecule has 0 saturated heterocycles. The van der Waals surface area contributed by atoms with Gasteiger partial charge in [-0.3, -0.25) is 4.79 Å². The molecule has 3 rings (SSSR count). The first-order chi connectivity index (χ1) is 13.8. The minimum Gasteiger partial charge on any atom is -0.458 e. The Balaban J connectivity index is 1.67. The van der Waals surface area contributed by atoms with E-state index in [2.05, 4.69) is 69.1 Å². The Labute approximate surface area is 182 Å². The molecule has 0 spiro atoms. The van der Waals surface area contributed by atoms with Gasteiger partial charge in [-0.2, -0.15) is 0 Å². The molecule has 1 aromatic carbocycles. The first-order valence-corrected chi connectivity index (χ1v) is 11.8. The Morgan fingerprint density at radius 1 is 1.34 bits per heavy atom. The van der Waals surface area contributed by atoms with Crippen LogP contribution in [0.15, 0.2) is 63.6 Å². The second-order valence-corrected chi connectivity index (χ2v) is 10.5. The zero-order valence-electron chi connectivity index (χ0n) is 17.8. The highest BCUT2D eigenvalue weighted by Crippen LogP contribution is 2.42. The molecule has 0 N–H and O–H groups in total. The smallest absolute Gasteiger partial charge is 0.303 e. The molecular weight excluding hydrogens is 398 g/mol. The number of thioether (sulfide) groups is 1. The lowest BCUT2D eigenvalue weighted by Crippen LogP contribution is -2.30. The zero-order valence-corrected chi connectivity index (χ0v) is 19.5. The molecule has 0 aliphatic heterocycles. The van der Waals surface area contributed by atoms with Gasteiger partial charge in [-0.1, -0.05) is 61.5 Å². The number of para-hydroxylation sites is 1. The van der Waals surface area contributed by atoms with Gasteiger partial charge in [-0.05, 0) is 55.4 Å². The van der Waals surface area contributed by atoms with E-state index in [-0.39, 0.29) is 17.5 Å². The van der Waals surface area contributed by atoms with Crippen molar-refractivity contribution in [3.8, 4) is 0 Å². The van der Waals surface area contributed by atoms with Gasteiger partial charge >= 0.3 is 5.97 Å². The maximum absolute atomic E-state index is 11.4. The minimum absolute atomic E-state index is 0.0905. The largest absolute Gasteiger partial charge is 0.458 e. The topological polar surface area (TPSA) is 39.2 Å². The van der Waals surface area contributed by atoms with E-state index >= 15 is 0 Å². The number of fused-ring (bicyclic) bond motifs is 1. The molecule has 5 heteroatoms. The summed E-state index contributed by atoms with van der Waals surface area (Å²) in [4.78, 5) is 16.1. The average molecular weight is 428 g/mol. The second kappa shape index (κ2) is 9.31. The van der Waals surface area contributed by atoms with Crippen molar-refractivity contribution in [2.45, 2.75) is 57.9 Å². The monoisotopic (exact) mass is 427 g/mol. The number of rotatable bonds is 6. The predicted molar refractivity (Wildman–Crippen MR) is 125 cm³/mol. The SMILES string of the molecule is CC(=O)OC1CCC(C)(C)C(C=CC(C)=CCSc2nc3ccccc3s2)=C1C. The first-order valence-electron chi connectivity index (χ1n) is 9.98. The van der Waals surface area contributed by atoms with E-state index in [1.54, 1.807) is 23.1 Å². The number of thiazole rings is 1. The highest BCUT2D eigenvalue weighted by atomic mass is 32.2. The molecule has 3 nitrogen and oxygen atoms in total. The predicted octanol–water partition coefficient (Wildman–Crippen LogP) is 6.96. The number of allylic oxidation sites excluding steroid dienone is 4. The van der Waals surface area contributed by atoms with Crippen LogP contribution in [0.3, 0.4) is 0 Å². The van der Waals surface area contributed by atoms with Crippen molar-refractivity contribution >= 4 is 39.3 Å². The highest BCUT2D eigenvalue weighted by Gasteiger charge is 2.33. The van der Waals surface area contributed by atoms with Crippen LogP contribution >= 0.6 is 23.1 Å². The summed E-state index contributed by atoms with van der Waals surface area (Å²) in [6.07, 6.45) is 8.43. The maximum Gasteiger partial charge on any atom is 0.303 e. The van der Waals surface area contributed by atoms with Crippen molar-refractivity contribution in [2.24, 2.45) is 5.41 Å². The summed E-state index contributed by atoms with van der Waals surface area (Å²) >= 11 is 3.52. The molecule has 1 atom stereocenters. The Kier molecular flexibility index (Phi) is 7.01. The summed E-state index contributed by atoms with van der Waals surface area (Å²) < 4.78 is 7.86. The van der Waals surface area contributed by atoms with Crippen molar-refractivity contribution < 1.29 is 9.53 Å². The van der Waals surface area contributed by atoms with Crippen LogP contribution in [-0.2, 0) is 9.53 Å². The number of hydrogen-bond donors (Lipinski definition) is 0. The van der Waals surface area contributed by atoms with E-state index in [0.29, 0.717) is 0 Å². The number of ether oxygens (including phenoxy) is 1. The lowest BCUT2D eigenvalue weighted by Gasteiger charge is -2.36. The van der Waals surface area contributed by atoms with Gasteiger partial charge in [0.05, 0.1) is 10.2 Å². The van der Waals surface area contributed by atoms with Crippen LogP contribution in [0.1, 0.15) is 47.5 Å². The Morgan fingerprint density at radius 3 is 2.83 bits per heavy atom. The Bertz CT molecular complexity index is 949. The molecule has 0 bridgehead atoms. The lowest BCUT2D eigenvalue weighted by molar-refractivity contribution is -0.145. The maximum atomic E-state index is 11.4. The number of carbonyl (C=O) groups excluding carboxylic acids is 1.